The third-order valence-corrected chi connectivity index (χ3v) is 5.84. The van der Waals surface area contributed by atoms with Crippen LogP contribution in [0.15, 0.2) is 17.6 Å². The summed E-state index contributed by atoms with van der Waals surface area (Å²) in [5, 5.41) is 3.39. The highest BCUT2D eigenvalue weighted by Gasteiger charge is 2.23. The fourth-order valence-electron chi connectivity index (χ4n) is 3.54. The first kappa shape index (κ1) is 14.0. The lowest BCUT2D eigenvalue weighted by atomic mass is 10.1. The molecule has 0 aromatic carbocycles. The van der Waals surface area contributed by atoms with Crippen LogP contribution in [0.25, 0.3) is 11.3 Å². The van der Waals surface area contributed by atoms with Gasteiger partial charge in [-0.1, -0.05) is 12.8 Å². The van der Waals surface area contributed by atoms with E-state index in [0.29, 0.717) is 11.6 Å². The van der Waals surface area contributed by atoms with Crippen molar-refractivity contribution in [2.24, 2.45) is 0 Å². The molecular formula is C17H21N3OS. The van der Waals surface area contributed by atoms with Gasteiger partial charge in [0.15, 0.2) is 0 Å². The van der Waals surface area contributed by atoms with E-state index in [1.54, 1.807) is 11.3 Å². The molecule has 1 N–H and O–H groups in total. The second kappa shape index (κ2) is 5.88. The second-order valence-electron chi connectivity index (χ2n) is 6.35. The van der Waals surface area contributed by atoms with E-state index in [9.17, 15) is 4.79 Å². The summed E-state index contributed by atoms with van der Waals surface area (Å²) in [6, 6.07) is 1.95. The highest BCUT2D eigenvalue weighted by atomic mass is 32.1. The van der Waals surface area contributed by atoms with Crippen LogP contribution < -0.4 is 0 Å². The molecule has 1 saturated heterocycles. The van der Waals surface area contributed by atoms with Gasteiger partial charge in [-0.15, -0.1) is 11.3 Å². The number of likely N-dealkylation sites (tertiary alicyclic amines) is 1. The fraction of sp³-hybridized carbons (Fsp3) is 0.529. The molecule has 0 bridgehead atoms. The standard InChI is InChI=1S/C17H21N3OS/c21-17(20-7-3-4-8-20)14-9-13(10-18-14)15-11-22-16(19-15)12-5-1-2-6-12/h9-12,18H,1-8H2. The number of nitrogens with one attached hydrogen (secondary N) is 1. The predicted octanol–water partition coefficient (Wildman–Crippen LogP) is 4.03. The number of carbonyl (C=O) groups excluding carboxylic acids is 1. The van der Waals surface area contributed by atoms with Crippen molar-refractivity contribution in [3.05, 3.63) is 28.3 Å². The minimum Gasteiger partial charge on any atom is -0.357 e. The first-order valence-electron chi connectivity index (χ1n) is 8.25. The molecule has 22 heavy (non-hydrogen) atoms. The van der Waals surface area contributed by atoms with Crippen molar-refractivity contribution >= 4 is 17.2 Å². The molecule has 2 fully saturated rings. The average molecular weight is 315 g/mol. The van der Waals surface area contributed by atoms with Crippen molar-refractivity contribution in [3.8, 4) is 11.3 Å². The maximum Gasteiger partial charge on any atom is 0.270 e. The zero-order valence-electron chi connectivity index (χ0n) is 12.7. The zero-order chi connectivity index (χ0) is 14.9. The molecule has 2 aromatic heterocycles. The van der Waals surface area contributed by atoms with Crippen LogP contribution in [0.4, 0.5) is 0 Å². The molecule has 0 spiro atoms. The van der Waals surface area contributed by atoms with Gasteiger partial charge in [0.05, 0.1) is 10.7 Å². The number of nitrogens with zero attached hydrogens (tertiary/aromatic N) is 2. The van der Waals surface area contributed by atoms with Gasteiger partial charge in [0.2, 0.25) is 0 Å². The smallest absolute Gasteiger partial charge is 0.270 e. The van der Waals surface area contributed by atoms with Crippen molar-refractivity contribution in [3.63, 3.8) is 0 Å². The molecule has 1 aliphatic heterocycles. The molecule has 2 aromatic rings. The third kappa shape index (κ3) is 2.58. The normalized spacial score (nSPS) is 19.2. The zero-order valence-corrected chi connectivity index (χ0v) is 13.5. The molecule has 1 amide bonds. The third-order valence-electron chi connectivity index (χ3n) is 4.83. The number of aromatic nitrogens is 2. The summed E-state index contributed by atoms with van der Waals surface area (Å²) in [5.74, 6) is 0.776. The minimum absolute atomic E-state index is 0.120. The Labute approximate surface area is 134 Å². The lowest BCUT2D eigenvalue weighted by Gasteiger charge is -2.13. The summed E-state index contributed by atoms with van der Waals surface area (Å²) in [6.45, 7) is 1.77. The lowest BCUT2D eigenvalue weighted by molar-refractivity contribution is 0.0788. The SMILES string of the molecule is O=C(c1cc(-c2csc(C3CCCC3)n2)c[nH]1)N1CCCC1. The quantitative estimate of drug-likeness (QED) is 0.929. The lowest BCUT2D eigenvalue weighted by Crippen LogP contribution is -2.27. The Morgan fingerprint density at radius 3 is 2.77 bits per heavy atom. The molecule has 1 saturated carbocycles. The number of thiazole rings is 1. The topological polar surface area (TPSA) is 49.0 Å². The molecule has 3 heterocycles. The van der Waals surface area contributed by atoms with E-state index < -0.39 is 0 Å². The van der Waals surface area contributed by atoms with E-state index >= 15 is 0 Å². The molecular weight excluding hydrogens is 294 g/mol. The van der Waals surface area contributed by atoms with Crippen LogP contribution in [-0.4, -0.2) is 33.9 Å². The number of carbonyl (C=O) groups is 1. The van der Waals surface area contributed by atoms with Crippen molar-refractivity contribution in [2.45, 2.75) is 44.4 Å². The number of aromatic amines is 1. The molecule has 5 heteroatoms. The van der Waals surface area contributed by atoms with E-state index in [0.717, 1.165) is 37.2 Å². The van der Waals surface area contributed by atoms with Gasteiger partial charge >= 0.3 is 0 Å². The van der Waals surface area contributed by atoms with Gasteiger partial charge in [-0.05, 0) is 31.7 Å². The molecule has 0 atom stereocenters. The summed E-state index contributed by atoms with van der Waals surface area (Å²) in [5.41, 5.74) is 2.72. The largest absolute Gasteiger partial charge is 0.357 e. The van der Waals surface area contributed by atoms with Gasteiger partial charge in [-0.3, -0.25) is 4.79 Å². The molecule has 116 valence electrons. The van der Waals surface area contributed by atoms with E-state index in [2.05, 4.69) is 10.4 Å². The van der Waals surface area contributed by atoms with Gasteiger partial charge in [0.25, 0.3) is 5.91 Å². The summed E-state index contributed by atoms with van der Waals surface area (Å²) in [6.07, 6.45) is 9.37. The minimum atomic E-state index is 0.120. The summed E-state index contributed by atoms with van der Waals surface area (Å²) in [4.78, 5) is 22.3. The first-order chi connectivity index (χ1) is 10.8. The number of hydrogen-bond acceptors (Lipinski definition) is 3. The Hall–Kier alpha value is -1.62. The highest BCUT2D eigenvalue weighted by Crippen LogP contribution is 2.37. The number of H-pyrrole nitrogens is 1. The summed E-state index contributed by atoms with van der Waals surface area (Å²) >= 11 is 1.76. The van der Waals surface area contributed by atoms with E-state index in [1.807, 2.05) is 17.2 Å². The van der Waals surface area contributed by atoms with Crippen LogP contribution in [0.5, 0.6) is 0 Å². The average Bonchev–Trinajstić information content (AvgIpc) is 3.35. The Morgan fingerprint density at radius 2 is 2.00 bits per heavy atom. The van der Waals surface area contributed by atoms with Crippen LogP contribution >= 0.6 is 11.3 Å². The van der Waals surface area contributed by atoms with Gasteiger partial charge in [-0.25, -0.2) is 4.98 Å². The number of amides is 1. The Morgan fingerprint density at radius 1 is 1.23 bits per heavy atom. The Bertz CT molecular complexity index is 663. The highest BCUT2D eigenvalue weighted by molar-refractivity contribution is 7.10. The molecule has 4 nitrogen and oxygen atoms in total. The molecule has 4 rings (SSSR count). The van der Waals surface area contributed by atoms with E-state index in [-0.39, 0.29) is 5.91 Å². The molecule has 0 unspecified atom stereocenters. The van der Waals surface area contributed by atoms with Crippen molar-refractivity contribution in [1.82, 2.24) is 14.9 Å². The monoisotopic (exact) mass is 315 g/mol. The molecule has 2 aliphatic rings. The Kier molecular flexibility index (Phi) is 3.74. The van der Waals surface area contributed by atoms with Crippen LogP contribution in [0, 0.1) is 0 Å². The van der Waals surface area contributed by atoms with Crippen molar-refractivity contribution in [1.29, 1.82) is 0 Å². The van der Waals surface area contributed by atoms with Gasteiger partial charge in [-0.2, -0.15) is 0 Å². The maximum atomic E-state index is 12.4. The Balaban J connectivity index is 1.52. The van der Waals surface area contributed by atoms with E-state index in [4.69, 9.17) is 4.98 Å². The van der Waals surface area contributed by atoms with E-state index in [1.165, 1.54) is 30.7 Å². The number of rotatable bonds is 3. The van der Waals surface area contributed by atoms with Gasteiger partial charge < -0.3 is 9.88 Å². The van der Waals surface area contributed by atoms with Gasteiger partial charge in [0, 0.05) is 36.1 Å². The molecule has 0 radical (unpaired) electrons. The second-order valence-corrected chi connectivity index (χ2v) is 7.24. The first-order valence-corrected chi connectivity index (χ1v) is 9.13. The van der Waals surface area contributed by atoms with Crippen molar-refractivity contribution in [2.75, 3.05) is 13.1 Å². The fourth-order valence-corrected chi connectivity index (χ4v) is 4.54. The molecule has 1 aliphatic carbocycles. The predicted molar refractivity (Wildman–Crippen MR) is 88.2 cm³/mol. The van der Waals surface area contributed by atoms with Crippen molar-refractivity contribution < 1.29 is 4.79 Å². The van der Waals surface area contributed by atoms with Crippen LogP contribution in [0.1, 0.15) is 59.9 Å². The van der Waals surface area contributed by atoms with Crippen LogP contribution in [0.3, 0.4) is 0 Å². The van der Waals surface area contributed by atoms with Crippen LogP contribution in [-0.2, 0) is 0 Å². The summed E-state index contributed by atoms with van der Waals surface area (Å²) in [7, 11) is 0. The van der Waals surface area contributed by atoms with Gasteiger partial charge in [0.1, 0.15) is 5.69 Å². The maximum absolute atomic E-state index is 12.4. The van der Waals surface area contributed by atoms with Crippen LogP contribution in [0.2, 0.25) is 0 Å². The summed E-state index contributed by atoms with van der Waals surface area (Å²) < 4.78 is 0. The number of hydrogen-bond donors (Lipinski definition) is 1.